The Morgan fingerprint density at radius 3 is 2.77 bits per heavy atom. The van der Waals surface area contributed by atoms with Crippen molar-refractivity contribution in [2.45, 2.75) is 26.4 Å². The lowest BCUT2D eigenvalue weighted by atomic mass is 9.96. The van der Waals surface area contributed by atoms with Crippen LogP contribution in [-0.2, 0) is 16.1 Å². The highest BCUT2D eigenvalue weighted by molar-refractivity contribution is 7.18. The van der Waals surface area contributed by atoms with Crippen LogP contribution in [0.4, 0.5) is 8.78 Å². The van der Waals surface area contributed by atoms with Crippen LogP contribution in [0.15, 0.2) is 54.6 Å². The fourth-order valence-corrected chi connectivity index (χ4v) is 6.39. The second kappa shape index (κ2) is 11.6. The Morgan fingerprint density at radius 1 is 1.16 bits per heavy atom. The molecule has 0 radical (unpaired) electrons. The molecular formula is C31H28F2N6O3S. The van der Waals surface area contributed by atoms with Crippen LogP contribution in [-0.4, -0.2) is 62.6 Å². The van der Waals surface area contributed by atoms with Gasteiger partial charge in [-0.25, -0.2) is 13.8 Å². The predicted molar refractivity (Wildman–Crippen MR) is 160 cm³/mol. The number of benzene rings is 1. The van der Waals surface area contributed by atoms with E-state index in [1.165, 1.54) is 30.6 Å². The number of nitrogens with zero attached hydrogens (tertiary/aromatic N) is 6. The molecular weight excluding hydrogens is 574 g/mol. The number of rotatable bonds is 8. The van der Waals surface area contributed by atoms with Gasteiger partial charge in [0.2, 0.25) is 5.91 Å². The zero-order valence-electron chi connectivity index (χ0n) is 23.8. The Hall–Kier alpha value is -4.55. The van der Waals surface area contributed by atoms with E-state index in [1.54, 1.807) is 11.1 Å². The number of fused-ring (bicyclic) bond motifs is 2. The maximum atomic E-state index is 15.9. The minimum atomic E-state index is -0.792. The van der Waals surface area contributed by atoms with E-state index in [4.69, 9.17) is 19.6 Å². The van der Waals surface area contributed by atoms with Crippen LogP contribution >= 0.6 is 11.3 Å². The predicted octanol–water partition coefficient (Wildman–Crippen LogP) is 5.98. The third kappa shape index (κ3) is 5.17. The lowest BCUT2D eigenvalue weighted by Crippen LogP contribution is -2.40. The van der Waals surface area contributed by atoms with Crippen molar-refractivity contribution in [3.63, 3.8) is 0 Å². The number of amides is 1. The molecule has 5 heterocycles. The maximum absolute atomic E-state index is 15.9. The lowest BCUT2D eigenvalue weighted by Gasteiger charge is -2.33. The number of thiophene rings is 1. The van der Waals surface area contributed by atoms with Gasteiger partial charge in [0.1, 0.15) is 35.4 Å². The Morgan fingerprint density at radius 2 is 2.00 bits per heavy atom. The fraction of sp³-hybridized carbons (Fsp3) is 0.258. The summed E-state index contributed by atoms with van der Waals surface area (Å²) in [4.78, 5) is 19.3. The minimum Gasteiger partial charge on any atom is -0.490 e. The SMILES string of the molecule is C=CC(=O)N1CCn2nc(-c3nc(-c4cnnc(C)c4)c4ccsc4c3-c3c(F)cc(F)cc3OCCOC)cc2[C@@H]1C. The van der Waals surface area contributed by atoms with Crippen molar-refractivity contribution in [3.8, 4) is 39.5 Å². The number of pyridine rings is 1. The molecule has 1 atom stereocenters. The standard InChI is InChI=1S/C31H28F2N6O3S/c1-5-26(40)38-7-8-39-24(18(38)3)15-23(37-39)30-28(27-22(33)13-20(32)14-25(27)42-10-9-41-4)31-21(6-11-43-31)29(35-30)19-12-17(2)36-34-16-19/h5-6,11-16,18H,1,7-10H2,2-4H3/t18-/m0/s1. The van der Waals surface area contributed by atoms with E-state index in [0.717, 1.165) is 27.4 Å². The van der Waals surface area contributed by atoms with Crippen LogP contribution in [0.25, 0.3) is 43.9 Å². The lowest BCUT2D eigenvalue weighted by molar-refractivity contribution is -0.129. The van der Waals surface area contributed by atoms with Crippen LogP contribution in [0.3, 0.4) is 0 Å². The maximum Gasteiger partial charge on any atom is 0.246 e. The molecule has 4 aromatic heterocycles. The summed E-state index contributed by atoms with van der Waals surface area (Å²) in [5, 5.41) is 15.8. The number of carbonyl (C=O) groups is 1. The topological polar surface area (TPSA) is 95.3 Å². The number of methoxy groups -OCH3 is 1. The zero-order valence-corrected chi connectivity index (χ0v) is 24.6. The monoisotopic (exact) mass is 602 g/mol. The smallest absolute Gasteiger partial charge is 0.246 e. The van der Waals surface area contributed by atoms with Crippen molar-refractivity contribution in [1.82, 2.24) is 29.9 Å². The van der Waals surface area contributed by atoms with E-state index < -0.39 is 11.6 Å². The molecule has 0 bridgehead atoms. The fourth-order valence-electron chi connectivity index (χ4n) is 5.44. The van der Waals surface area contributed by atoms with Gasteiger partial charge in [0, 0.05) is 47.0 Å². The molecule has 220 valence electrons. The van der Waals surface area contributed by atoms with Gasteiger partial charge in [-0.05, 0) is 43.5 Å². The molecule has 0 N–H and O–H groups in total. The van der Waals surface area contributed by atoms with E-state index >= 15 is 4.39 Å². The molecule has 5 aromatic rings. The number of ether oxygens (including phenoxy) is 2. The molecule has 1 aromatic carbocycles. The molecule has 1 aliphatic rings. The highest BCUT2D eigenvalue weighted by atomic mass is 32.1. The van der Waals surface area contributed by atoms with Gasteiger partial charge in [0.05, 0.1) is 48.0 Å². The van der Waals surface area contributed by atoms with Gasteiger partial charge in [-0.1, -0.05) is 6.58 Å². The number of hydrogen-bond acceptors (Lipinski definition) is 8. The molecule has 0 fully saturated rings. The van der Waals surface area contributed by atoms with E-state index in [9.17, 15) is 9.18 Å². The second-order valence-corrected chi connectivity index (χ2v) is 11.0. The summed E-state index contributed by atoms with van der Waals surface area (Å²) >= 11 is 1.41. The van der Waals surface area contributed by atoms with Crippen molar-refractivity contribution < 1.29 is 23.0 Å². The van der Waals surface area contributed by atoms with Gasteiger partial charge in [-0.3, -0.25) is 9.48 Å². The molecule has 1 amide bonds. The number of halogens is 2. The first kappa shape index (κ1) is 28.6. The zero-order chi connectivity index (χ0) is 30.2. The Balaban J connectivity index is 1.64. The Kier molecular flexibility index (Phi) is 7.72. The van der Waals surface area contributed by atoms with Crippen molar-refractivity contribution in [1.29, 1.82) is 0 Å². The summed E-state index contributed by atoms with van der Waals surface area (Å²) in [6.45, 7) is 8.64. The van der Waals surface area contributed by atoms with Crippen LogP contribution in [0.5, 0.6) is 5.75 Å². The number of hydrogen-bond donors (Lipinski definition) is 0. The van der Waals surface area contributed by atoms with Crippen LogP contribution < -0.4 is 4.74 Å². The third-order valence-corrected chi connectivity index (χ3v) is 8.36. The summed E-state index contributed by atoms with van der Waals surface area (Å²) in [7, 11) is 1.52. The normalized spacial score (nSPS) is 14.6. The molecule has 1 aliphatic heterocycles. The van der Waals surface area contributed by atoms with Gasteiger partial charge < -0.3 is 14.4 Å². The third-order valence-electron chi connectivity index (χ3n) is 7.43. The molecule has 0 saturated heterocycles. The minimum absolute atomic E-state index is 0.0292. The first-order valence-electron chi connectivity index (χ1n) is 13.6. The number of aromatic nitrogens is 5. The average molecular weight is 603 g/mol. The summed E-state index contributed by atoms with van der Waals surface area (Å²) in [5.41, 5.74) is 4.24. The second-order valence-electron chi connectivity index (χ2n) is 10.1. The summed E-state index contributed by atoms with van der Waals surface area (Å²) in [5.74, 6) is -1.70. The van der Waals surface area contributed by atoms with Crippen molar-refractivity contribution in [2.75, 3.05) is 26.9 Å². The van der Waals surface area contributed by atoms with E-state index in [2.05, 4.69) is 16.8 Å². The van der Waals surface area contributed by atoms with E-state index in [1.807, 2.05) is 42.1 Å². The summed E-state index contributed by atoms with van der Waals surface area (Å²) < 4.78 is 44.0. The number of carbonyl (C=O) groups excluding carboxylic acids is 1. The van der Waals surface area contributed by atoms with Crippen molar-refractivity contribution in [2.24, 2.45) is 0 Å². The van der Waals surface area contributed by atoms with Gasteiger partial charge in [-0.15, -0.1) is 11.3 Å². The quantitative estimate of drug-likeness (QED) is 0.159. The summed E-state index contributed by atoms with van der Waals surface area (Å²) in [6, 6.07) is 7.39. The van der Waals surface area contributed by atoms with Crippen LogP contribution in [0, 0.1) is 18.6 Å². The van der Waals surface area contributed by atoms with Crippen molar-refractivity contribution in [3.05, 3.63) is 77.6 Å². The first-order chi connectivity index (χ1) is 20.8. The molecule has 0 unspecified atom stereocenters. The van der Waals surface area contributed by atoms with Gasteiger partial charge in [0.15, 0.2) is 0 Å². The van der Waals surface area contributed by atoms with E-state index in [-0.39, 0.29) is 36.5 Å². The van der Waals surface area contributed by atoms with Crippen molar-refractivity contribution >= 4 is 27.3 Å². The van der Waals surface area contributed by atoms with Gasteiger partial charge in [-0.2, -0.15) is 15.3 Å². The van der Waals surface area contributed by atoms with E-state index in [0.29, 0.717) is 41.4 Å². The highest BCUT2D eigenvalue weighted by Gasteiger charge is 2.31. The molecule has 12 heteroatoms. The molecule has 0 aliphatic carbocycles. The molecule has 9 nitrogen and oxygen atoms in total. The Bertz CT molecular complexity index is 1870. The van der Waals surface area contributed by atoms with Crippen LogP contribution in [0.2, 0.25) is 0 Å². The molecule has 0 saturated carbocycles. The molecule has 43 heavy (non-hydrogen) atoms. The largest absolute Gasteiger partial charge is 0.490 e. The number of aryl methyl sites for hydroxylation is 1. The summed E-state index contributed by atoms with van der Waals surface area (Å²) in [6.07, 6.45) is 2.93. The molecule has 6 rings (SSSR count). The highest BCUT2D eigenvalue weighted by Crippen LogP contribution is 2.47. The first-order valence-corrected chi connectivity index (χ1v) is 14.5. The van der Waals surface area contributed by atoms with Gasteiger partial charge in [0.25, 0.3) is 0 Å². The van der Waals surface area contributed by atoms with Gasteiger partial charge >= 0.3 is 0 Å². The molecule has 0 spiro atoms. The van der Waals surface area contributed by atoms with Crippen LogP contribution in [0.1, 0.15) is 24.4 Å². The average Bonchev–Trinajstić information content (AvgIpc) is 3.65. The Labute approximate surface area is 250 Å².